The number of nitrogens with zero attached hydrogens (tertiary/aromatic N) is 2. The lowest BCUT2D eigenvalue weighted by Crippen LogP contribution is -2.16. The van der Waals surface area contributed by atoms with E-state index in [-0.39, 0.29) is 0 Å². The van der Waals surface area contributed by atoms with Gasteiger partial charge < -0.3 is 4.74 Å². The molecule has 1 aromatic heterocycles. The van der Waals surface area contributed by atoms with E-state index >= 15 is 0 Å². The lowest BCUT2D eigenvalue weighted by molar-refractivity contribution is 0.292. The summed E-state index contributed by atoms with van der Waals surface area (Å²) in [6.07, 6.45) is 2.99. The highest BCUT2D eigenvalue weighted by molar-refractivity contribution is 5.69. The Morgan fingerprint density at radius 1 is 1.04 bits per heavy atom. The number of rotatable bonds is 4. The molecule has 3 nitrogen and oxygen atoms in total. The average molecular weight is 354 g/mol. The lowest BCUT2D eigenvalue weighted by atomic mass is 9.81. The van der Waals surface area contributed by atoms with Crippen LogP contribution in [0.5, 0.6) is 5.88 Å². The van der Waals surface area contributed by atoms with Gasteiger partial charge in [-0.3, -0.25) is 0 Å². The van der Waals surface area contributed by atoms with E-state index in [1.54, 1.807) is 0 Å². The highest BCUT2D eigenvalue weighted by Gasteiger charge is 2.26. The summed E-state index contributed by atoms with van der Waals surface area (Å²) >= 11 is 0. The van der Waals surface area contributed by atoms with E-state index in [1.807, 2.05) is 48.5 Å². The molecule has 0 fully saturated rings. The second-order valence-corrected chi connectivity index (χ2v) is 7.20. The Kier molecular flexibility index (Phi) is 4.89. The van der Waals surface area contributed by atoms with Crippen LogP contribution < -0.4 is 4.74 Å². The van der Waals surface area contributed by atoms with Gasteiger partial charge in [-0.25, -0.2) is 4.98 Å². The molecule has 0 radical (unpaired) electrons. The van der Waals surface area contributed by atoms with Crippen molar-refractivity contribution < 1.29 is 4.74 Å². The first kappa shape index (κ1) is 17.3. The van der Waals surface area contributed by atoms with E-state index < -0.39 is 0 Å². The number of fused-ring (bicyclic) bond motifs is 1. The molecule has 2 aromatic carbocycles. The molecule has 3 heteroatoms. The van der Waals surface area contributed by atoms with Gasteiger partial charge in [0.1, 0.15) is 18.2 Å². The largest absolute Gasteiger partial charge is 0.472 e. The van der Waals surface area contributed by atoms with Crippen molar-refractivity contribution in [3.8, 4) is 23.2 Å². The minimum Gasteiger partial charge on any atom is -0.472 e. The van der Waals surface area contributed by atoms with Crippen molar-refractivity contribution in [1.82, 2.24) is 4.98 Å². The van der Waals surface area contributed by atoms with Crippen molar-refractivity contribution in [2.75, 3.05) is 0 Å². The zero-order chi connectivity index (χ0) is 18.6. The minimum atomic E-state index is 0.408. The van der Waals surface area contributed by atoms with Crippen molar-refractivity contribution in [2.24, 2.45) is 5.92 Å². The smallest absolute Gasteiger partial charge is 0.232 e. The van der Waals surface area contributed by atoms with Gasteiger partial charge >= 0.3 is 0 Å². The predicted molar refractivity (Wildman–Crippen MR) is 106 cm³/mol. The molecule has 134 valence electrons. The number of nitriles is 1. The molecule has 27 heavy (non-hydrogen) atoms. The Labute approximate surface area is 160 Å². The summed E-state index contributed by atoms with van der Waals surface area (Å²) in [5.74, 6) is 1.02. The molecule has 0 aliphatic heterocycles. The molecule has 0 unspecified atom stereocenters. The van der Waals surface area contributed by atoms with Crippen molar-refractivity contribution in [2.45, 2.75) is 32.8 Å². The third-order valence-corrected chi connectivity index (χ3v) is 5.20. The lowest BCUT2D eigenvalue weighted by Gasteiger charge is -2.25. The number of ether oxygens (including phenoxy) is 1. The SMILES string of the molecule is C[C@H]1CCc2c(-c3ccccc3)nc(OCc3ccccc3)c(C#N)c2C1. The normalized spacial score (nSPS) is 15.6. The second kappa shape index (κ2) is 7.63. The van der Waals surface area contributed by atoms with Crippen LogP contribution in [-0.4, -0.2) is 4.98 Å². The highest BCUT2D eigenvalue weighted by Crippen LogP contribution is 2.37. The van der Waals surface area contributed by atoms with E-state index in [0.29, 0.717) is 24.0 Å². The third kappa shape index (κ3) is 3.57. The predicted octanol–water partition coefficient (Wildman–Crippen LogP) is 5.32. The molecule has 3 aromatic rings. The number of aromatic nitrogens is 1. The Morgan fingerprint density at radius 2 is 1.74 bits per heavy atom. The average Bonchev–Trinajstić information content (AvgIpc) is 2.72. The summed E-state index contributed by atoms with van der Waals surface area (Å²) in [6.45, 7) is 2.66. The van der Waals surface area contributed by atoms with Crippen molar-refractivity contribution in [3.63, 3.8) is 0 Å². The summed E-state index contributed by atoms with van der Waals surface area (Å²) in [5, 5.41) is 9.85. The van der Waals surface area contributed by atoms with Crippen LogP contribution in [0.25, 0.3) is 11.3 Å². The van der Waals surface area contributed by atoms with Crippen LogP contribution in [0.4, 0.5) is 0 Å². The van der Waals surface area contributed by atoms with E-state index in [0.717, 1.165) is 41.6 Å². The Balaban J connectivity index is 1.80. The number of pyridine rings is 1. The zero-order valence-corrected chi connectivity index (χ0v) is 15.5. The monoisotopic (exact) mass is 354 g/mol. The standard InChI is InChI=1S/C24H22N2O/c1-17-12-13-20-21(14-17)22(15-25)24(27-16-18-8-4-2-5-9-18)26-23(20)19-10-6-3-7-11-19/h2-11,17H,12-14,16H2,1H3/t17-/m0/s1. The molecule has 4 rings (SSSR count). The van der Waals surface area contributed by atoms with E-state index in [4.69, 9.17) is 9.72 Å². The Hall–Kier alpha value is -3.12. The van der Waals surface area contributed by atoms with E-state index in [9.17, 15) is 5.26 Å². The van der Waals surface area contributed by atoms with Crippen molar-refractivity contribution >= 4 is 0 Å². The molecule has 1 aliphatic rings. The quantitative estimate of drug-likeness (QED) is 0.636. The molecule has 0 bridgehead atoms. The summed E-state index contributed by atoms with van der Waals surface area (Å²) in [6, 6.07) is 22.6. The molecule has 0 saturated heterocycles. The van der Waals surface area contributed by atoms with Gasteiger partial charge in [-0.2, -0.15) is 5.26 Å². The van der Waals surface area contributed by atoms with Crippen LogP contribution in [0, 0.1) is 17.2 Å². The molecule has 0 N–H and O–H groups in total. The van der Waals surface area contributed by atoms with Crippen molar-refractivity contribution in [3.05, 3.63) is 82.9 Å². The summed E-state index contributed by atoms with van der Waals surface area (Å²) < 4.78 is 6.04. The maximum Gasteiger partial charge on any atom is 0.232 e. The third-order valence-electron chi connectivity index (χ3n) is 5.20. The summed E-state index contributed by atoms with van der Waals surface area (Å²) in [4.78, 5) is 4.82. The van der Waals surface area contributed by atoms with Crippen LogP contribution in [-0.2, 0) is 19.4 Å². The minimum absolute atomic E-state index is 0.408. The molecule has 1 aliphatic carbocycles. The van der Waals surface area contributed by atoms with Crippen LogP contribution in [0.15, 0.2) is 60.7 Å². The van der Waals surface area contributed by atoms with Gasteiger partial charge in [0.05, 0.1) is 5.69 Å². The van der Waals surface area contributed by atoms with E-state index in [2.05, 4.69) is 25.1 Å². The summed E-state index contributed by atoms with van der Waals surface area (Å²) in [5.41, 5.74) is 6.04. The van der Waals surface area contributed by atoms with E-state index in [1.165, 1.54) is 5.56 Å². The van der Waals surface area contributed by atoms with Gasteiger partial charge in [-0.15, -0.1) is 0 Å². The molecule has 1 heterocycles. The van der Waals surface area contributed by atoms with Crippen LogP contribution >= 0.6 is 0 Å². The van der Waals surface area contributed by atoms with Gasteiger partial charge in [0.2, 0.25) is 5.88 Å². The maximum absolute atomic E-state index is 9.85. The maximum atomic E-state index is 9.85. The number of hydrogen-bond acceptors (Lipinski definition) is 3. The first-order valence-electron chi connectivity index (χ1n) is 9.44. The fourth-order valence-electron chi connectivity index (χ4n) is 3.76. The van der Waals surface area contributed by atoms with Gasteiger partial charge in [-0.1, -0.05) is 67.6 Å². The molecule has 0 spiro atoms. The molecular weight excluding hydrogens is 332 g/mol. The summed E-state index contributed by atoms with van der Waals surface area (Å²) in [7, 11) is 0. The first-order chi connectivity index (χ1) is 13.3. The second-order valence-electron chi connectivity index (χ2n) is 7.20. The van der Waals surface area contributed by atoms with Gasteiger partial charge in [-0.05, 0) is 41.9 Å². The van der Waals surface area contributed by atoms with Crippen LogP contribution in [0.1, 0.15) is 35.6 Å². The van der Waals surface area contributed by atoms with Crippen molar-refractivity contribution in [1.29, 1.82) is 5.26 Å². The topological polar surface area (TPSA) is 45.9 Å². The molecule has 1 atom stereocenters. The molecule has 0 saturated carbocycles. The van der Waals surface area contributed by atoms with Crippen LogP contribution in [0.2, 0.25) is 0 Å². The van der Waals surface area contributed by atoms with Gasteiger partial charge in [0, 0.05) is 5.56 Å². The Morgan fingerprint density at radius 3 is 2.44 bits per heavy atom. The van der Waals surface area contributed by atoms with Gasteiger partial charge in [0.15, 0.2) is 0 Å². The number of hydrogen-bond donors (Lipinski definition) is 0. The Bertz CT molecular complexity index is 975. The van der Waals surface area contributed by atoms with Crippen LogP contribution in [0.3, 0.4) is 0 Å². The van der Waals surface area contributed by atoms with Gasteiger partial charge in [0.25, 0.3) is 0 Å². The highest BCUT2D eigenvalue weighted by atomic mass is 16.5. The number of benzene rings is 2. The molecule has 0 amide bonds. The first-order valence-corrected chi connectivity index (χ1v) is 9.44. The fourth-order valence-corrected chi connectivity index (χ4v) is 3.76. The zero-order valence-electron chi connectivity index (χ0n) is 15.5. The molecular formula is C24H22N2O. The fraction of sp³-hybridized carbons (Fsp3) is 0.250.